The van der Waals surface area contributed by atoms with E-state index >= 15 is 0 Å². The van der Waals surface area contributed by atoms with Gasteiger partial charge < -0.3 is 10.2 Å². The molecule has 5 nitrogen and oxygen atoms in total. The molecule has 2 aliphatic rings. The van der Waals surface area contributed by atoms with Crippen LogP contribution in [0.3, 0.4) is 0 Å². The number of carbonyl (C=O) groups excluding carboxylic acids is 2. The summed E-state index contributed by atoms with van der Waals surface area (Å²) in [6.07, 6.45) is 0.246. The number of aliphatic imine (C=N–C) groups is 1. The van der Waals surface area contributed by atoms with Gasteiger partial charge in [-0.2, -0.15) is 0 Å². The summed E-state index contributed by atoms with van der Waals surface area (Å²) in [6.45, 7) is 1.16. The molecule has 110 valence electrons. The molecule has 0 aliphatic carbocycles. The predicted octanol–water partition coefficient (Wildman–Crippen LogP) is 2.02. The van der Waals surface area contributed by atoms with Crippen molar-refractivity contribution in [2.24, 2.45) is 10.9 Å². The van der Waals surface area contributed by atoms with Crippen LogP contribution in [-0.4, -0.2) is 35.8 Å². The van der Waals surface area contributed by atoms with E-state index in [9.17, 15) is 9.59 Å². The number of benzene rings is 1. The van der Waals surface area contributed by atoms with Gasteiger partial charge in [-0.05, 0) is 18.2 Å². The van der Waals surface area contributed by atoms with E-state index in [2.05, 4.69) is 26.2 Å². The van der Waals surface area contributed by atoms with Gasteiger partial charge in [0.05, 0.1) is 12.5 Å². The normalized spacial score (nSPS) is 21.6. The maximum absolute atomic E-state index is 12.2. The minimum Gasteiger partial charge on any atom is -0.312 e. The van der Waals surface area contributed by atoms with Crippen LogP contribution in [-0.2, 0) is 9.59 Å². The molecule has 1 N–H and O–H groups in total. The average Bonchev–Trinajstić information content (AvgIpc) is 3.08. The first-order chi connectivity index (χ1) is 10.1. The smallest absolute Gasteiger partial charge is 0.231 e. The van der Waals surface area contributed by atoms with E-state index in [1.807, 2.05) is 24.3 Å². The van der Waals surface area contributed by atoms with Crippen molar-refractivity contribution >= 4 is 50.4 Å². The van der Waals surface area contributed by atoms with E-state index in [4.69, 9.17) is 0 Å². The third-order valence-corrected chi connectivity index (χ3v) is 4.82. The zero-order valence-electron chi connectivity index (χ0n) is 11.2. The van der Waals surface area contributed by atoms with Crippen molar-refractivity contribution in [3.8, 4) is 0 Å². The van der Waals surface area contributed by atoms with Gasteiger partial charge in [-0.1, -0.05) is 33.8 Å². The molecule has 2 heterocycles. The van der Waals surface area contributed by atoms with E-state index < -0.39 is 0 Å². The molecule has 21 heavy (non-hydrogen) atoms. The number of rotatable bonds is 2. The van der Waals surface area contributed by atoms with Crippen LogP contribution in [0.4, 0.5) is 5.69 Å². The number of carbonyl (C=O) groups is 2. The zero-order valence-corrected chi connectivity index (χ0v) is 13.6. The highest BCUT2D eigenvalue weighted by Gasteiger charge is 2.35. The largest absolute Gasteiger partial charge is 0.312 e. The molecule has 1 atom stereocenters. The first kappa shape index (κ1) is 14.6. The minimum atomic E-state index is -0.319. The molecule has 1 saturated heterocycles. The van der Waals surface area contributed by atoms with Gasteiger partial charge in [0.15, 0.2) is 5.17 Å². The Balaban J connectivity index is 1.68. The van der Waals surface area contributed by atoms with Gasteiger partial charge in [-0.25, -0.2) is 0 Å². The lowest BCUT2D eigenvalue weighted by atomic mass is 10.1. The molecule has 0 aromatic heterocycles. The van der Waals surface area contributed by atoms with E-state index in [1.165, 1.54) is 0 Å². The second kappa shape index (κ2) is 6.19. The Morgan fingerprint density at radius 1 is 1.48 bits per heavy atom. The molecule has 0 radical (unpaired) electrons. The maximum Gasteiger partial charge on any atom is 0.231 e. The summed E-state index contributed by atoms with van der Waals surface area (Å²) < 4.78 is 0.914. The van der Waals surface area contributed by atoms with Crippen molar-refractivity contribution in [3.05, 3.63) is 28.7 Å². The van der Waals surface area contributed by atoms with Crippen molar-refractivity contribution in [1.29, 1.82) is 0 Å². The Morgan fingerprint density at radius 2 is 2.33 bits per heavy atom. The average molecular weight is 368 g/mol. The monoisotopic (exact) mass is 367 g/mol. The second-order valence-electron chi connectivity index (χ2n) is 4.91. The van der Waals surface area contributed by atoms with Crippen molar-refractivity contribution in [2.75, 3.05) is 23.7 Å². The van der Waals surface area contributed by atoms with Crippen LogP contribution >= 0.6 is 27.7 Å². The molecule has 3 rings (SSSR count). The molecular weight excluding hydrogens is 354 g/mol. The van der Waals surface area contributed by atoms with Crippen LogP contribution in [0.25, 0.3) is 0 Å². The van der Waals surface area contributed by atoms with E-state index in [0.29, 0.717) is 11.7 Å². The van der Waals surface area contributed by atoms with Gasteiger partial charge in [-0.3, -0.25) is 14.6 Å². The number of anilines is 1. The van der Waals surface area contributed by atoms with Crippen LogP contribution in [0, 0.1) is 5.92 Å². The van der Waals surface area contributed by atoms with Crippen molar-refractivity contribution in [3.63, 3.8) is 0 Å². The Kier molecular flexibility index (Phi) is 4.30. The van der Waals surface area contributed by atoms with Gasteiger partial charge in [0.1, 0.15) is 0 Å². The first-order valence-corrected chi connectivity index (χ1v) is 8.45. The molecule has 2 aliphatic heterocycles. The number of nitrogens with zero attached hydrogens (tertiary/aromatic N) is 2. The minimum absolute atomic E-state index is 0.0192. The summed E-state index contributed by atoms with van der Waals surface area (Å²) in [5.74, 6) is 0.451. The molecule has 7 heteroatoms. The Morgan fingerprint density at radius 3 is 3.05 bits per heavy atom. The van der Waals surface area contributed by atoms with Crippen LogP contribution in [0.1, 0.15) is 6.42 Å². The number of amidine groups is 1. The Bertz CT molecular complexity index is 620. The molecular formula is C14H14BrN3O2S. The number of amides is 2. The van der Waals surface area contributed by atoms with Crippen molar-refractivity contribution in [2.45, 2.75) is 6.42 Å². The fourth-order valence-corrected chi connectivity index (χ4v) is 3.51. The third-order valence-electron chi connectivity index (χ3n) is 3.43. The topological polar surface area (TPSA) is 61.8 Å². The van der Waals surface area contributed by atoms with Crippen LogP contribution in [0.2, 0.25) is 0 Å². The van der Waals surface area contributed by atoms with Gasteiger partial charge in [0.2, 0.25) is 11.8 Å². The lowest BCUT2D eigenvalue weighted by Crippen LogP contribution is -2.35. The Labute approximate surface area is 135 Å². The maximum atomic E-state index is 12.2. The summed E-state index contributed by atoms with van der Waals surface area (Å²) in [4.78, 5) is 30.2. The Hall–Kier alpha value is -1.34. The van der Waals surface area contributed by atoms with Crippen molar-refractivity contribution in [1.82, 2.24) is 5.32 Å². The van der Waals surface area contributed by atoms with Crippen LogP contribution in [0.15, 0.2) is 33.7 Å². The van der Waals surface area contributed by atoms with Crippen LogP contribution in [0.5, 0.6) is 0 Å². The molecule has 1 aromatic rings. The fraction of sp³-hybridized carbons (Fsp3) is 0.357. The first-order valence-electron chi connectivity index (χ1n) is 6.67. The van der Waals surface area contributed by atoms with Gasteiger partial charge in [0, 0.05) is 28.9 Å². The summed E-state index contributed by atoms with van der Waals surface area (Å²) in [5, 5.41) is 3.49. The molecule has 2 amide bonds. The van der Waals surface area contributed by atoms with Gasteiger partial charge >= 0.3 is 0 Å². The highest BCUT2D eigenvalue weighted by Crippen LogP contribution is 2.27. The van der Waals surface area contributed by atoms with Crippen LogP contribution < -0.4 is 10.2 Å². The predicted molar refractivity (Wildman–Crippen MR) is 87.5 cm³/mol. The highest BCUT2D eigenvalue weighted by atomic mass is 79.9. The summed E-state index contributed by atoms with van der Waals surface area (Å²) in [6, 6.07) is 7.54. The fourth-order valence-electron chi connectivity index (χ4n) is 2.39. The standard InChI is InChI=1S/C14H14BrN3O2S/c15-10-2-1-3-11(7-10)18-8-9(6-12(18)19)13(20)17-14-16-4-5-21-14/h1-3,7,9H,4-6,8H2,(H,16,17,20)/t9-/m0/s1. The molecule has 1 fully saturated rings. The lowest BCUT2D eigenvalue weighted by molar-refractivity contribution is -0.125. The van der Waals surface area contributed by atoms with Gasteiger partial charge in [-0.15, -0.1) is 0 Å². The molecule has 0 spiro atoms. The number of thioether (sulfide) groups is 1. The molecule has 0 unspecified atom stereocenters. The third kappa shape index (κ3) is 3.29. The summed E-state index contributed by atoms with van der Waals surface area (Å²) in [5.41, 5.74) is 0.817. The quantitative estimate of drug-likeness (QED) is 0.869. The number of halogens is 1. The number of nitrogens with one attached hydrogen (secondary N) is 1. The lowest BCUT2D eigenvalue weighted by Gasteiger charge is -2.17. The SMILES string of the molecule is O=C(NC1=NCCS1)[C@H]1CC(=O)N(c2cccc(Br)c2)C1. The molecule has 0 bridgehead atoms. The molecule has 1 aromatic carbocycles. The highest BCUT2D eigenvalue weighted by molar-refractivity contribution is 9.10. The molecule has 0 saturated carbocycles. The number of hydrogen-bond donors (Lipinski definition) is 1. The van der Waals surface area contributed by atoms with E-state index in [0.717, 1.165) is 22.5 Å². The summed E-state index contributed by atoms with van der Waals surface area (Å²) in [7, 11) is 0. The summed E-state index contributed by atoms with van der Waals surface area (Å²) >= 11 is 4.94. The zero-order chi connectivity index (χ0) is 14.8. The number of hydrogen-bond acceptors (Lipinski definition) is 4. The second-order valence-corrected chi connectivity index (χ2v) is 6.91. The van der Waals surface area contributed by atoms with Crippen molar-refractivity contribution < 1.29 is 9.59 Å². The van der Waals surface area contributed by atoms with Gasteiger partial charge in [0.25, 0.3) is 0 Å². The van der Waals surface area contributed by atoms with E-state index in [1.54, 1.807) is 16.7 Å². The van der Waals surface area contributed by atoms with E-state index in [-0.39, 0.29) is 24.2 Å².